The maximum Gasteiger partial charge on any atom is 0.245 e. The zero-order valence-corrected chi connectivity index (χ0v) is 45.5. The molecule has 11 atom stereocenters. The van der Waals surface area contributed by atoms with Crippen LogP contribution in [-0.2, 0) is 54.4 Å². The Morgan fingerprint density at radius 3 is 1.49 bits per heavy atom. The van der Waals surface area contributed by atoms with E-state index in [1.54, 1.807) is 58.0 Å². The minimum atomic E-state index is -1.75. The van der Waals surface area contributed by atoms with Gasteiger partial charge in [0.15, 0.2) is 5.96 Å². The molecule has 0 aliphatic carbocycles. The summed E-state index contributed by atoms with van der Waals surface area (Å²) >= 11 is 0. The molecule has 0 bridgehead atoms. The fourth-order valence-electron chi connectivity index (χ4n) is 7.67. The van der Waals surface area contributed by atoms with Gasteiger partial charge in [0.1, 0.15) is 54.4 Å². The van der Waals surface area contributed by atoms with Crippen molar-refractivity contribution in [1.82, 2.24) is 47.9 Å². The SMILES string of the molecule is CC[C@H](C)[C@H](NC(C)=O)C(=O)N[C@@H](CO)C(=O)N[C@H](C(=O)N[C@@H](Cc1ccccc1)C(=O)N[C@@H](CCCCN)C(=O)N[C@@H](C)C(=O)N[C@@H](CCCN=C(N)N)C(=O)N[C@H](C(=O)N[C@@H](CCCCN)C(N)=O)C(C)C)[C@@H](C)O. The number of aliphatic hydroxyl groups is 2. The number of primary amides is 1. The molecule has 1 aromatic carbocycles. The highest BCUT2D eigenvalue weighted by Crippen LogP contribution is 2.12. The van der Waals surface area contributed by atoms with Gasteiger partial charge in [0, 0.05) is 19.9 Å². The second kappa shape index (κ2) is 36.1. The van der Waals surface area contributed by atoms with Crippen molar-refractivity contribution in [2.75, 3.05) is 26.2 Å². The quantitative estimate of drug-likeness (QED) is 0.0170. The number of rotatable bonds is 37. The Hall–Kier alpha value is -6.97. The van der Waals surface area contributed by atoms with Crippen molar-refractivity contribution in [3.8, 4) is 0 Å². The summed E-state index contributed by atoms with van der Waals surface area (Å²) in [4.78, 5) is 138. The Morgan fingerprint density at radius 1 is 0.532 bits per heavy atom. The van der Waals surface area contributed by atoms with Crippen molar-refractivity contribution in [2.24, 2.45) is 45.5 Å². The third-order valence-electron chi connectivity index (χ3n) is 12.4. The average Bonchev–Trinajstić information content (AvgIpc) is 3.37. The van der Waals surface area contributed by atoms with Crippen LogP contribution in [0.1, 0.15) is 112 Å². The predicted molar refractivity (Wildman–Crippen MR) is 287 cm³/mol. The van der Waals surface area contributed by atoms with Crippen LogP contribution < -0.4 is 76.5 Å². The largest absolute Gasteiger partial charge is 0.394 e. The smallest absolute Gasteiger partial charge is 0.245 e. The number of nitrogens with two attached hydrogens (primary N) is 5. The summed E-state index contributed by atoms with van der Waals surface area (Å²) in [5.41, 5.74) is 28.4. The molecule has 434 valence electrons. The molecule has 27 heteroatoms. The maximum atomic E-state index is 14.3. The molecule has 77 heavy (non-hydrogen) atoms. The zero-order chi connectivity index (χ0) is 58.4. The van der Waals surface area contributed by atoms with Crippen molar-refractivity contribution < 1.29 is 58.2 Å². The maximum absolute atomic E-state index is 14.3. The van der Waals surface area contributed by atoms with Gasteiger partial charge in [-0.2, -0.15) is 0 Å². The molecule has 0 heterocycles. The molecule has 0 radical (unpaired) electrons. The summed E-state index contributed by atoms with van der Waals surface area (Å²) in [5, 5.41) is 43.7. The molecule has 0 unspecified atom stereocenters. The Bertz CT molecular complexity index is 2110. The van der Waals surface area contributed by atoms with Gasteiger partial charge in [-0.05, 0) is 95.7 Å². The summed E-state index contributed by atoms with van der Waals surface area (Å²) in [6, 6.07) is -3.64. The Labute approximate surface area is 450 Å². The summed E-state index contributed by atoms with van der Waals surface area (Å²) in [6.07, 6.45) is 0.946. The first-order valence-electron chi connectivity index (χ1n) is 26.1. The minimum Gasteiger partial charge on any atom is -0.394 e. The van der Waals surface area contributed by atoms with Crippen LogP contribution in [0.25, 0.3) is 0 Å². The molecule has 27 nitrogen and oxygen atoms in total. The molecule has 0 aliphatic rings. The number of benzene rings is 1. The minimum absolute atomic E-state index is 0.00761. The topological polar surface area (TPSA) is 462 Å². The number of nitrogens with zero attached hydrogens (tertiary/aromatic N) is 1. The summed E-state index contributed by atoms with van der Waals surface area (Å²) in [5.74, 6) is -9.28. The second-order valence-electron chi connectivity index (χ2n) is 19.3. The van der Waals surface area contributed by atoms with Gasteiger partial charge in [-0.3, -0.25) is 52.9 Å². The molecular formula is C50H87N15O12. The number of hydrogen-bond acceptors (Lipinski definition) is 15. The van der Waals surface area contributed by atoms with Gasteiger partial charge < -0.3 is 86.7 Å². The monoisotopic (exact) mass is 1090 g/mol. The van der Waals surface area contributed by atoms with E-state index in [2.05, 4.69) is 52.8 Å². The predicted octanol–water partition coefficient (Wildman–Crippen LogP) is -4.50. The molecule has 0 aliphatic heterocycles. The van der Waals surface area contributed by atoms with Gasteiger partial charge in [-0.15, -0.1) is 0 Å². The second-order valence-corrected chi connectivity index (χ2v) is 19.3. The van der Waals surface area contributed by atoms with Gasteiger partial charge in [0.05, 0.1) is 12.7 Å². The van der Waals surface area contributed by atoms with Crippen LogP contribution in [0.15, 0.2) is 35.3 Å². The van der Waals surface area contributed by atoms with Crippen LogP contribution in [0.5, 0.6) is 0 Å². The molecule has 10 amide bonds. The van der Waals surface area contributed by atoms with E-state index in [-0.39, 0.29) is 57.1 Å². The number of hydrogen-bond donors (Lipinski definition) is 16. The molecule has 1 aromatic rings. The fourth-order valence-corrected chi connectivity index (χ4v) is 7.67. The number of aliphatic hydroxyl groups excluding tert-OH is 2. The summed E-state index contributed by atoms with van der Waals surface area (Å²) < 4.78 is 0. The lowest BCUT2D eigenvalue weighted by Gasteiger charge is -2.29. The van der Waals surface area contributed by atoms with E-state index in [0.717, 1.165) is 0 Å². The normalized spacial score (nSPS) is 15.4. The molecule has 0 aromatic heterocycles. The van der Waals surface area contributed by atoms with Gasteiger partial charge >= 0.3 is 0 Å². The molecule has 0 saturated heterocycles. The lowest BCUT2D eigenvalue weighted by atomic mass is 9.98. The number of aliphatic imine (C=N–C) groups is 1. The van der Waals surface area contributed by atoms with E-state index in [1.807, 2.05) is 0 Å². The summed E-state index contributed by atoms with van der Waals surface area (Å²) in [7, 11) is 0. The van der Waals surface area contributed by atoms with Gasteiger partial charge in [-0.1, -0.05) is 64.4 Å². The number of carbonyl (C=O) groups excluding carboxylic acids is 10. The van der Waals surface area contributed by atoms with E-state index >= 15 is 0 Å². The van der Waals surface area contributed by atoms with Crippen LogP contribution in [0.4, 0.5) is 0 Å². The van der Waals surface area contributed by atoms with Crippen molar-refractivity contribution in [1.29, 1.82) is 0 Å². The van der Waals surface area contributed by atoms with Crippen LogP contribution in [0.2, 0.25) is 0 Å². The first kappa shape index (κ1) is 68.0. The van der Waals surface area contributed by atoms with Crippen LogP contribution >= 0.6 is 0 Å². The Morgan fingerprint density at radius 2 is 0.987 bits per heavy atom. The van der Waals surface area contributed by atoms with Gasteiger partial charge in [0.2, 0.25) is 59.1 Å². The third-order valence-corrected chi connectivity index (χ3v) is 12.4. The number of nitrogens with one attached hydrogen (secondary N) is 9. The average molecular weight is 1090 g/mol. The number of unbranched alkanes of at least 4 members (excludes halogenated alkanes) is 2. The highest BCUT2D eigenvalue weighted by Gasteiger charge is 2.36. The van der Waals surface area contributed by atoms with E-state index in [9.17, 15) is 58.2 Å². The zero-order valence-electron chi connectivity index (χ0n) is 45.5. The highest BCUT2D eigenvalue weighted by atomic mass is 16.3. The van der Waals surface area contributed by atoms with Crippen LogP contribution in [0, 0.1) is 11.8 Å². The van der Waals surface area contributed by atoms with Gasteiger partial charge in [0.25, 0.3) is 0 Å². The first-order valence-corrected chi connectivity index (χ1v) is 26.1. The van der Waals surface area contributed by atoms with E-state index in [0.29, 0.717) is 44.2 Å². The summed E-state index contributed by atoms with van der Waals surface area (Å²) in [6.45, 7) is 10.3. The number of amides is 10. The number of carbonyl (C=O) groups is 10. The lowest BCUT2D eigenvalue weighted by molar-refractivity contribution is -0.137. The van der Waals surface area contributed by atoms with Crippen LogP contribution in [-0.4, -0.2) is 162 Å². The number of guanidine groups is 1. The highest BCUT2D eigenvalue weighted by molar-refractivity contribution is 5.98. The Balaban J connectivity index is 3.45. The van der Waals surface area contributed by atoms with E-state index in [1.165, 1.54) is 20.8 Å². The van der Waals surface area contributed by atoms with Gasteiger partial charge in [-0.25, -0.2) is 0 Å². The van der Waals surface area contributed by atoms with Crippen molar-refractivity contribution in [2.45, 2.75) is 173 Å². The molecule has 21 N–H and O–H groups in total. The molecule has 1 rings (SSSR count). The van der Waals surface area contributed by atoms with Crippen molar-refractivity contribution in [3.63, 3.8) is 0 Å². The molecular weight excluding hydrogens is 1000 g/mol. The molecule has 0 fully saturated rings. The Kier molecular flexibility index (Phi) is 31.9. The molecule has 0 saturated carbocycles. The van der Waals surface area contributed by atoms with Crippen molar-refractivity contribution >= 4 is 65.0 Å². The lowest BCUT2D eigenvalue weighted by Crippen LogP contribution is -2.62. The van der Waals surface area contributed by atoms with Crippen LogP contribution in [0.3, 0.4) is 0 Å². The molecule has 0 spiro atoms. The van der Waals surface area contributed by atoms with Crippen molar-refractivity contribution in [3.05, 3.63) is 35.9 Å². The first-order chi connectivity index (χ1) is 36.3. The third kappa shape index (κ3) is 25.6. The standard InChI is InChI=1S/C50H87N15O12/c1-8-28(4)39(58-31(7)68)48(76)63-37(26-66)46(74)65-40(30(6)67)49(77)62-36(25-32-17-10-9-11-18-32)45(73)61-34(20-13-15-23-52)43(71)57-29(5)42(70)60-35(21-16-24-56-50(54)55)44(72)64-38(27(2)3)47(75)59-33(41(53)69)19-12-14-22-51/h9-11,17-18,27-30,33-40,66-67H,8,12-16,19-26,51-52H2,1-7H3,(H2,53,69)(H,57,71)(H,58,68)(H,59,75)(H,60,70)(H,61,73)(H,62,77)(H,63,76)(H,64,72)(H,65,74)(H4,54,55,56)/t28-,29-,30+,33-,34-,35-,36-,37-,38-,39-,40-/m0/s1. The van der Waals surface area contributed by atoms with E-state index < -0.39 is 132 Å². The fraction of sp³-hybridized carbons (Fsp3) is 0.660. The van der Waals surface area contributed by atoms with E-state index in [4.69, 9.17) is 28.7 Å².